The van der Waals surface area contributed by atoms with Crippen molar-refractivity contribution in [1.29, 1.82) is 0 Å². The van der Waals surface area contributed by atoms with Gasteiger partial charge in [-0.2, -0.15) is 5.48 Å². The van der Waals surface area contributed by atoms with Crippen molar-refractivity contribution in [2.45, 2.75) is 6.42 Å². The molecule has 0 aromatic carbocycles. The molecule has 19 heavy (non-hydrogen) atoms. The maximum absolute atomic E-state index is 12.0. The number of nitrogens with one attached hydrogen (secondary N) is 1. The molecule has 1 aliphatic heterocycles. The molecule has 3 aliphatic carbocycles. The van der Waals surface area contributed by atoms with Gasteiger partial charge in [-0.05, 0) is 17.6 Å². The smallest absolute Gasteiger partial charge is 0.339 e. The molecule has 1 N–H and O–H groups in total. The fourth-order valence-electron chi connectivity index (χ4n) is 3.21. The fraction of sp³-hybridized carbons (Fsp3) is 0.200. The summed E-state index contributed by atoms with van der Waals surface area (Å²) in [5.74, 6) is -0.700. The van der Waals surface area contributed by atoms with Crippen LogP contribution in [0, 0.1) is 11.3 Å². The third-order valence-electron chi connectivity index (χ3n) is 4.12. The third-order valence-corrected chi connectivity index (χ3v) is 4.12. The number of hydrogen-bond donors (Lipinski definition) is 1. The molecular weight excluding hydrogens is 242 g/mol. The number of amides is 1. The summed E-state index contributed by atoms with van der Waals surface area (Å²) in [4.78, 5) is 28.7. The van der Waals surface area contributed by atoms with Crippen LogP contribution in [0.15, 0.2) is 59.3 Å². The molecule has 2 atom stereocenters. The molecule has 0 aromatic heterocycles. The molecule has 94 valence electrons. The van der Waals surface area contributed by atoms with E-state index < -0.39 is 11.4 Å². The van der Waals surface area contributed by atoms with Crippen molar-refractivity contribution >= 4 is 11.9 Å². The largest absolute Gasteiger partial charge is 0.351 e. The Morgan fingerprint density at radius 2 is 1.95 bits per heavy atom. The molecule has 4 aliphatic rings. The van der Waals surface area contributed by atoms with Crippen LogP contribution in [0.5, 0.6) is 0 Å². The zero-order valence-corrected chi connectivity index (χ0v) is 10.1. The fourth-order valence-corrected chi connectivity index (χ4v) is 3.21. The van der Waals surface area contributed by atoms with E-state index in [0.29, 0.717) is 6.42 Å². The van der Waals surface area contributed by atoms with Crippen molar-refractivity contribution in [3.8, 4) is 0 Å². The quantitative estimate of drug-likeness (QED) is 0.666. The number of hydroxylamine groups is 1. The standard InChI is InChI=1S/C15H11NO3/c17-13-15(14(18)19-16-13)7-10-5-1-3-9-4-2-6-11(8-15)12(9)10/h1-7,12H,8H2,(H,16,17)/t12-,15-/m0/s1. The van der Waals surface area contributed by atoms with E-state index in [-0.39, 0.29) is 11.8 Å². The predicted molar refractivity (Wildman–Crippen MR) is 67.3 cm³/mol. The van der Waals surface area contributed by atoms with Crippen LogP contribution in [-0.4, -0.2) is 11.9 Å². The summed E-state index contributed by atoms with van der Waals surface area (Å²) in [6, 6.07) is 0. The Hall–Kier alpha value is -2.36. The van der Waals surface area contributed by atoms with E-state index in [0.717, 1.165) is 11.1 Å². The molecule has 4 nitrogen and oxygen atoms in total. The Morgan fingerprint density at radius 3 is 2.74 bits per heavy atom. The lowest BCUT2D eigenvalue weighted by Gasteiger charge is -2.36. The Bertz CT molecular complexity index is 645. The van der Waals surface area contributed by atoms with Crippen molar-refractivity contribution < 1.29 is 14.4 Å². The first-order valence-corrected chi connectivity index (χ1v) is 6.21. The van der Waals surface area contributed by atoms with Crippen LogP contribution < -0.4 is 5.48 Å². The van der Waals surface area contributed by atoms with Crippen LogP contribution in [0.3, 0.4) is 0 Å². The van der Waals surface area contributed by atoms with E-state index in [4.69, 9.17) is 4.84 Å². The molecule has 4 rings (SSSR count). The average Bonchev–Trinajstić information content (AvgIpc) is 2.68. The molecule has 1 saturated heterocycles. The lowest BCUT2D eigenvalue weighted by atomic mass is 9.65. The van der Waals surface area contributed by atoms with E-state index in [9.17, 15) is 9.59 Å². The number of hydrogen-bond acceptors (Lipinski definition) is 3. The first-order chi connectivity index (χ1) is 9.21. The molecule has 0 saturated carbocycles. The summed E-state index contributed by atoms with van der Waals surface area (Å²) in [5, 5.41) is 0. The Morgan fingerprint density at radius 1 is 1.16 bits per heavy atom. The van der Waals surface area contributed by atoms with Gasteiger partial charge in [0, 0.05) is 5.92 Å². The van der Waals surface area contributed by atoms with Crippen molar-refractivity contribution in [1.82, 2.24) is 5.48 Å². The zero-order valence-electron chi connectivity index (χ0n) is 10.1. The Labute approximate surface area is 109 Å². The van der Waals surface area contributed by atoms with Crippen molar-refractivity contribution in [2.24, 2.45) is 11.3 Å². The van der Waals surface area contributed by atoms with Crippen molar-refractivity contribution in [3.63, 3.8) is 0 Å². The van der Waals surface area contributed by atoms with Gasteiger partial charge in [-0.3, -0.25) is 4.79 Å². The van der Waals surface area contributed by atoms with Crippen LogP contribution in [0.1, 0.15) is 6.42 Å². The monoisotopic (exact) mass is 253 g/mol. The van der Waals surface area contributed by atoms with Crippen LogP contribution in [0.4, 0.5) is 0 Å². The molecule has 0 bridgehead atoms. The second kappa shape index (κ2) is 3.35. The second-order valence-corrected chi connectivity index (χ2v) is 5.17. The minimum Gasteiger partial charge on any atom is -0.339 e. The highest BCUT2D eigenvalue weighted by molar-refractivity contribution is 6.09. The molecule has 0 radical (unpaired) electrons. The van der Waals surface area contributed by atoms with Crippen LogP contribution >= 0.6 is 0 Å². The van der Waals surface area contributed by atoms with Crippen molar-refractivity contribution in [2.75, 3.05) is 0 Å². The topological polar surface area (TPSA) is 55.4 Å². The SMILES string of the molecule is O=C1NOC(=O)[C@]12C=C1C=CC=C3C=CC=C(C2)[C@@H]31. The predicted octanol–water partition coefficient (Wildman–Crippen LogP) is 1.50. The van der Waals surface area contributed by atoms with Crippen LogP contribution in [0.25, 0.3) is 0 Å². The summed E-state index contributed by atoms with van der Waals surface area (Å²) in [5.41, 5.74) is 4.28. The van der Waals surface area contributed by atoms with Gasteiger partial charge >= 0.3 is 5.97 Å². The van der Waals surface area contributed by atoms with Gasteiger partial charge in [-0.1, -0.05) is 48.1 Å². The normalized spacial score (nSPS) is 34.3. The minimum atomic E-state index is -1.18. The maximum atomic E-state index is 12.0. The highest BCUT2D eigenvalue weighted by atomic mass is 16.7. The lowest BCUT2D eigenvalue weighted by molar-refractivity contribution is -0.148. The minimum absolute atomic E-state index is 0.182. The third kappa shape index (κ3) is 1.23. The first-order valence-electron chi connectivity index (χ1n) is 6.21. The van der Waals surface area contributed by atoms with Gasteiger partial charge in [0.2, 0.25) is 0 Å². The molecule has 0 aromatic rings. The summed E-state index contributed by atoms with van der Waals surface area (Å²) in [6.45, 7) is 0. The highest BCUT2D eigenvalue weighted by Crippen LogP contribution is 2.48. The van der Waals surface area contributed by atoms with Gasteiger partial charge in [-0.25, -0.2) is 4.79 Å². The summed E-state index contributed by atoms with van der Waals surface area (Å²) < 4.78 is 0. The zero-order chi connectivity index (χ0) is 13.0. The Kier molecular flexibility index (Phi) is 1.86. The summed E-state index contributed by atoms with van der Waals surface area (Å²) in [6.07, 6.45) is 14.2. The maximum Gasteiger partial charge on any atom is 0.351 e. The van der Waals surface area contributed by atoms with Crippen molar-refractivity contribution in [3.05, 3.63) is 59.3 Å². The molecule has 1 spiro atoms. The van der Waals surface area contributed by atoms with Gasteiger partial charge in [0.05, 0.1) is 0 Å². The van der Waals surface area contributed by atoms with E-state index in [1.54, 1.807) is 6.08 Å². The van der Waals surface area contributed by atoms with E-state index >= 15 is 0 Å². The van der Waals surface area contributed by atoms with E-state index in [1.165, 1.54) is 5.57 Å². The number of allylic oxidation sites excluding steroid dienone is 9. The lowest BCUT2D eigenvalue weighted by Crippen LogP contribution is -2.39. The van der Waals surface area contributed by atoms with Gasteiger partial charge in [0.15, 0.2) is 5.41 Å². The van der Waals surface area contributed by atoms with E-state index in [1.807, 2.05) is 24.3 Å². The van der Waals surface area contributed by atoms with Crippen LogP contribution in [-0.2, 0) is 14.4 Å². The molecule has 4 heteroatoms. The van der Waals surface area contributed by atoms with Gasteiger partial charge < -0.3 is 4.84 Å². The van der Waals surface area contributed by atoms with Gasteiger partial charge in [-0.15, -0.1) is 0 Å². The molecule has 1 amide bonds. The highest BCUT2D eigenvalue weighted by Gasteiger charge is 2.55. The van der Waals surface area contributed by atoms with Gasteiger partial charge in [0.25, 0.3) is 5.91 Å². The van der Waals surface area contributed by atoms with Gasteiger partial charge in [0.1, 0.15) is 0 Å². The van der Waals surface area contributed by atoms with E-state index in [2.05, 4.69) is 17.6 Å². The Balaban J connectivity index is 1.93. The molecule has 1 fully saturated rings. The first kappa shape index (κ1) is 10.6. The summed E-state index contributed by atoms with van der Waals surface area (Å²) >= 11 is 0. The number of carbonyl (C=O) groups excluding carboxylic acids is 2. The molecule has 1 heterocycles. The second-order valence-electron chi connectivity index (χ2n) is 5.17. The number of carbonyl (C=O) groups is 2. The molecular formula is C15H11NO3. The number of rotatable bonds is 0. The van der Waals surface area contributed by atoms with Crippen LogP contribution in [0.2, 0.25) is 0 Å². The molecule has 0 unspecified atom stereocenters. The average molecular weight is 253 g/mol. The summed E-state index contributed by atoms with van der Waals surface area (Å²) in [7, 11) is 0.